The number of amidine groups is 1. The van der Waals surface area contributed by atoms with E-state index < -0.39 is 6.04 Å². The highest BCUT2D eigenvalue weighted by Gasteiger charge is 2.29. The lowest BCUT2D eigenvalue weighted by Crippen LogP contribution is -2.33. The second kappa shape index (κ2) is 11.7. The largest absolute Gasteiger partial charge is 0.394 e. The fourth-order valence-electron chi connectivity index (χ4n) is 4.86. The molecule has 3 unspecified atom stereocenters. The number of amides is 1. The lowest BCUT2D eigenvalue weighted by Gasteiger charge is -2.28. The van der Waals surface area contributed by atoms with Crippen molar-refractivity contribution < 1.29 is 9.90 Å². The molecule has 0 radical (unpaired) electrons. The van der Waals surface area contributed by atoms with Crippen LogP contribution >= 0.6 is 0 Å². The number of carbonyl (C=O) groups is 1. The zero-order valence-corrected chi connectivity index (χ0v) is 22.0. The SMILES string of the molecule is C=C(C(CO)N=C(N)C(/C=C(C)/C=C1\C(=O)NC2=CCC(C)C=C21)=C(C)C)N1CCCC(C)CC1. The number of rotatable bonds is 7. The summed E-state index contributed by atoms with van der Waals surface area (Å²) in [5.74, 6) is 1.40. The van der Waals surface area contributed by atoms with Gasteiger partial charge in [0.05, 0.1) is 6.61 Å². The molecule has 6 heteroatoms. The van der Waals surface area contributed by atoms with Gasteiger partial charge in [-0.2, -0.15) is 0 Å². The first-order valence-corrected chi connectivity index (χ1v) is 12.8. The van der Waals surface area contributed by atoms with Gasteiger partial charge in [0, 0.05) is 41.2 Å². The van der Waals surface area contributed by atoms with Gasteiger partial charge in [-0.1, -0.05) is 38.2 Å². The van der Waals surface area contributed by atoms with E-state index in [-0.39, 0.29) is 12.5 Å². The van der Waals surface area contributed by atoms with Crippen LogP contribution in [0.2, 0.25) is 0 Å². The van der Waals surface area contributed by atoms with Crippen molar-refractivity contribution >= 4 is 11.7 Å². The number of aliphatic hydroxyl groups is 1. The molecule has 0 spiro atoms. The zero-order valence-electron chi connectivity index (χ0n) is 22.0. The first-order valence-electron chi connectivity index (χ1n) is 12.8. The third-order valence-corrected chi connectivity index (χ3v) is 7.05. The molecule has 6 nitrogen and oxygen atoms in total. The van der Waals surface area contributed by atoms with E-state index in [1.54, 1.807) is 0 Å². The maximum absolute atomic E-state index is 12.6. The molecule has 2 saturated heterocycles. The van der Waals surface area contributed by atoms with Gasteiger partial charge in [-0.3, -0.25) is 9.79 Å². The summed E-state index contributed by atoms with van der Waals surface area (Å²) in [6, 6.07) is -0.480. The van der Waals surface area contributed by atoms with Crippen LogP contribution in [-0.2, 0) is 4.79 Å². The summed E-state index contributed by atoms with van der Waals surface area (Å²) in [4.78, 5) is 19.5. The molecule has 1 amide bonds. The molecule has 0 aromatic rings. The summed E-state index contributed by atoms with van der Waals surface area (Å²) in [7, 11) is 0. The molecule has 0 bridgehead atoms. The summed E-state index contributed by atoms with van der Waals surface area (Å²) in [5, 5.41) is 13.1. The molecule has 35 heavy (non-hydrogen) atoms. The predicted octanol–water partition coefficient (Wildman–Crippen LogP) is 4.53. The van der Waals surface area contributed by atoms with Crippen LogP contribution in [0, 0.1) is 11.8 Å². The van der Waals surface area contributed by atoms with Gasteiger partial charge in [0.15, 0.2) is 0 Å². The Bertz CT molecular complexity index is 1040. The second-order valence-corrected chi connectivity index (χ2v) is 10.5. The Balaban J connectivity index is 1.83. The van der Waals surface area contributed by atoms with Crippen LogP contribution in [0.25, 0.3) is 0 Å². The number of likely N-dealkylation sites (tertiary alicyclic amines) is 1. The molecule has 0 saturated carbocycles. The number of aliphatic imine (C=N–C) groups is 1. The van der Waals surface area contributed by atoms with Gasteiger partial charge in [-0.25, -0.2) is 0 Å². The van der Waals surface area contributed by atoms with E-state index in [0.717, 1.165) is 66.0 Å². The van der Waals surface area contributed by atoms with E-state index in [1.807, 2.05) is 32.9 Å². The number of allylic oxidation sites excluding steroid dienone is 6. The molecule has 0 aromatic carbocycles. The fraction of sp³-hybridized carbons (Fsp3) is 0.517. The molecule has 2 aliphatic heterocycles. The minimum absolute atomic E-state index is 0.0758. The van der Waals surface area contributed by atoms with Crippen molar-refractivity contribution in [2.75, 3.05) is 19.7 Å². The van der Waals surface area contributed by atoms with Crippen LogP contribution in [0.1, 0.15) is 60.3 Å². The van der Waals surface area contributed by atoms with Gasteiger partial charge in [-0.15, -0.1) is 0 Å². The smallest absolute Gasteiger partial charge is 0.256 e. The highest BCUT2D eigenvalue weighted by Crippen LogP contribution is 2.32. The van der Waals surface area contributed by atoms with E-state index in [9.17, 15) is 9.90 Å². The Morgan fingerprint density at radius 2 is 2.06 bits per heavy atom. The van der Waals surface area contributed by atoms with Crippen molar-refractivity contribution in [3.63, 3.8) is 0 Å². The molecule has 2 heterocycles. The van der Waals surface area contributed by atoms with E-state index >= 15 is 0 Å². The van der Waals surface area contributed by atoms with Crippen LogP contribution in [-0.4, -0.2) is 47.5 Å². The van der Waals surface area contributed by atoms with Crippen molar-refractivity contribution in [2.24, 2.45) is 22.6 Å². The molecule has 4 N–H and O–H groups in total. The van der Waals surface area contributed by atoms with Gasteiger partial charge in [0.2, 0.25) is 0 Å². The molecule has 0 aromatic heterocycles. The van der Waals surface area contributed by atoms with E-state index in [0.29, 0.717) is 23.2 Å². The highest BCUT2D eigenvalue weighted by molar-refractivity contribution is 6.06. The molecule has 1 aliphatic carbocycles. The van der Waals surface area contributed by atoms with Crippen LogP contribution in [0.3, 0.4) is 0 Å². The summed E-state index contributed by atoms with van der Waals surface area (Å²) in [6.07, 6.45) is 12.5. The van der Waals surface area contributed by atoms with Crippen LogP contribution in [0.15, 0.2) is 75.1 Å². The minimum Gasteiger partial charge on any atom is -0.394 e. The lowest BCUT2D eigenvalue weighted by molar-refractivity contribution is -0.115. The van der Waals surface area contributed by atoms with Crippen molar-refractivity contribution in [3.8, 4) is 0 Å². The molecule has 190 valence electrons. The minimum atomic E-state index is -0.480. The number of nitrogens with two attached hydrogens (primary N) is 1. The Labute approximate surface area is 210 Å². The summed E-state index contributed by atoms with van der Waals surface area (Å²) < 4.78 is 0. The number of fused-ring (bicyclic) bond motifs is 1. The summed E-state index contributed by atoms with van der Waals surface area (Å²) >= 11 is 0. The second-order valence-electron chi connectivity index (χ2n) is 10.5. The van der Waals surface area contributed by atoms with Crippen molar-refractivity contribution in [1.29, 1.82) is 0 Å². The third kappa shape index (κ3) is 6.63. The Kier molecular flexibility index (Phi) is 8.95. The van der Waals surface area contributed by atoms with Gasteiger partial charge < -0.3 is 21.1 Å². The maximum Gasteiger partial charge on any atom is 0.256 e. The highest BCUT2D eigenvalue weighted by atomic mass is 16.3. The molecular weight excluding hydrogens is 436 g/mol. The van der Waals surface area contributed by atoms with Gasteiger partial charge in [0.25, 0.3) is 5.91 Å². The maximum atomic E-state index is 12.6. The van der Waals surface area contributed by atoms with Crippen molar-refractivity contribution in [2.45, 2.75) is 66.3 Å². The average molecular weight is 479 g/mol. The molecule has 3 rings (SSSR count). The number of carbonyl (C=O) groups excluding carboxylic acids is 1. The zero-order chi connectivity index (χ0) is 25.7. The Hall–Kier alpha value is -2.86. The lowest BCUT2D eigenvalue weighted by atomic mass is 9.92. The quantitative estimate of drug-likeness (QED) is 0.217. The molecule has 2 fully saturated rings. The van der Waals surface area contributed by atoms with Crippen LogP contribution < -0.4 is 11.1 Å². The van der Waals surface area contributed by atoms with Crippen molar-refractivity contribution in [3.05, 3.63) is 70.1 Å². The van der Waals surface area contributed by atoms with Crippen LogP contribution in [0.4, 0.5) is 0 Å². The number of aliphatic hydroxyl groups excluding tert-OH is 1. The Morgan fingerprint density at radius 3 is 2.74 bits per heavy atom. The van der Waals surface area contributed by atoms with Crippen LogP contribution in [0.5, 0.6) is 0 Å². The van der Waals surface area contributed by atoms with Gasteiger partial charge in [0.1, 0.15) is 11.9 Å². The third-order valence-electron chi connectivity index (χ3n) is 7.05. The fourth-order valence-corrected chi connectivity index (χ4v) is 4.86. The van der Waals surface area contributed by atoms with E-state index in [4.69, 9.17) is 10.7 Å². The topological polar surface area (TPSA) is 91.0 Å². The van der Waals surface area contributed by atoms with Gasteiger partial charge >= 0.3 is 0 Å². The van der Waals surface area contributed by atoms with E-state index in [2.05, 4.69) is 42.8 Å². The van der Waals surface area contributed by atoms with E-state index in [1.165, 1.54) is 6.42 Å². The average Bonchev–Trinajstić information content (AvgIpc) is 2.96. The standard InChI is InChI=1S/C29H42N4O2/c1-18(2)23(15-21(5)16-25-24-14-20(4)9-10-26(24)32-29(25)35)28(30)31-27(17-34)22(6)33-12-7-8-19(3)11-13-33/h10,14-16,19-20,27,34H,6-9,11-13,17H2,1-5H3,(H2,30,31)(H,32,35)/b21-15+,25-16-. The number of hydrogen-bond acceptors (Lipinski definition) is 4. The summed E-state index contributed by atoms with van der Waals surface area (Å²) in [6.45, 7) is 16.4. The van der Waals surface area contributed by atoms with Gasteiger partial charge in [-0.05, 0) is 76.0 Å². The first-order chi connectivity index (χ1) is 16.6. The number of nitrogens with one attached hydrogen (secondary N) is 1. The molecule has 3 atom stereocenters. The molecule has 3 aliphatic rings. The summed E-state index contributed by atoms with van der Waals surface area (Å²) in [5.41, 5.74) is 12.6. The molecular formula is C29H42N4O2. The predicted molar refractivity (Wildman–Crippen MR) is 145 cm³/mol. The Morgan fingerprint density at radius 1 is 1.31 bits per heavy atom. The number of nitrogens with zero attached hydrogens (tertiary/aromatic N) is 2. The van der Waals surface area contributed by atoms with Crippen molar-refractivity contribution in [1.82, 2.24) is 10.2 Å². The first kappa shape index (κ1) is 26.7. The monoisotopic (exact) mass is 478 g/mol. The normalized spacial score (nSPS) is 25.4. The number of hydrogen-bond donors (Lipinski definition) is 3.